The third kappa shape index (κ3) is 3.77. The normalized spacial score (nSPS) is 11.0. The van der Waals surface area contributed by atoms with Gasteiger partial charge in [0, 0.05) is 23.4 Å². The minimum atomic E-state index is -0.964. The highest BCUT2D eigenvalue weighted by atomic mass is 32.1. The summed E-state index contributed by atoms with van der Waals surface area (Å²) < 4.78 is 27.7. The van der Waals surface area contributed by atoms with Crippen LogP contribution in [0.2, 0.25) is 0 Å². The summed E-state index contributed by atoms with van der Waals surface area (Å²) in [5.41, 5.74) is 1.07. The summed E-state index contributed by atoms with van der Waals surface area (Å²) in [6, 6.07) is 10.5. The van der Waals surface area contributed by atoms with E-state index in [9.17, 15) is 18.4 Å². The second-order valence-electron chi connectivity index (χ2n) is 6.31. The molecule has 0 saturated heterocycles. The van der Waals surface area contributed by atoms with E-state index in [2.05, 4.69) is 15.4 Å². The molecule has 2 aromatic carbocycles. The van der Waals surface area contributed by atoms with E-state index >= 15 is 0 Å². The van der Waals surface area contributed by atoms with Crippen LogP contribution in [0.4, 0.5) is 13.9 Å². The Bertz CT molecular complexity index is 1300. The molecule has 0 unspecified atom stereocenters. The van der Waals surface area contributed by atoms with Crippen LogP contribution in [0.15, 0.2) is 52.6 Å². The Hall–Kier alpha value is -3.46. The predicted molar refractivity (Wildman–Crippen MR) is 107 cm³/mol. The lowest BCUT2D eigenvalue weighted by Gasteiger charge is -2.07. The maximum absolute atomic E-state index is 13.4. The zero-order chi connectivity index (χ0) is 20.5. The van der Waals surface area contributed by atoms with Crippen LogP contribution < -0.4 is 10.9 Å². The Balaban J connectivity index is 1.55. The van der Waals surface area contributed by atoms with Crippen LogP contribution in [0.3, 0.4) is 0 Å². The summed E-state index contributed by atoms with van der Waals surface area (Å²) in [5.74, 6) is -2.25. The second kappa shape index (κ2) is 7.51. The molecular weight excluding hydrogens is 398 g/mol. The fraction of sp³-hybridized carbons (Fsp3) is 0.100. The number of halogens is 2. The van der Waals surface area contributed by atoms with E-state index < -0.39 is 11.6 Å². The molecule has 6 nitrogen and oxygen atoms in total. The highest BCUT2D eigenvalue weighted by Gasteiger charge is 2.14. The van der Waals surface area contributed by atoms with Gasteiger partial charge in [0.25, 0.3) is 5.56 Å². The van der Waals surface area contributed by atoms with Crippen LogP contribution in [0, 0.1) is 11.6 Å². The van der Waals surface area contributed by atoms with Crippen molar-refractivity contribution in [1.29, 1.82) is 0 Å². The van der Waals surface area contributed by atoms with Gasteiger partial charge in [-0.1, -0.05) is 18.2 Å². The fourth-order valence-electron chi connectivity index (χ4n) is 2.94. The standard InChI is InChI=1S/C20H14F2N4O2S/c1-26-19(28)13-5-3-2-4-12(13)16(25-26)9-18(27)24-20-23-17(10-29-20)11-6-7-14(21)15(22)8-11/h2-8,10H,9H2,1H3,(H,23,24,27). The van der Waals surface area contributed by atoms with Crippen LogP contribution in [-0.4, -0.2) is 20.7 Å². The fourth-order valence-corrected chi connectivity index (χ4v) is 3.68. The van der Waals surface area contributed by atoms with Crippen LogP contribution in [0.1, 0.15) is 5.69 Å². The molecule has 1 N–H and O–H groups in total. The van der Waals surface area contributed by atoms with Gasteiger partial charge in [-0.05, 0) is 24.3 Å². The molecule has 0 aliphatic rings. The molecule has 0 radical (unpaired) electrons. The molecule has 0 fully saturated rings. The average Bonchev–Trinajstić information content (AvgIpc) is 3.16. The third-order valence-electron chi connectivity index (χ3n) is 4.33. The first-order chi connectivity index (χ1) is 13.9. The van der Waals surface area contributed by atoms with Crippen LogP contribution in [-0.2, 0) is 18.3 Å². The first-order valence-corrected chi connectivity index (χ1v) is 9.46. The monoisotopic (exact) mass is 412 g/mol. The number of hydrogen-bond acceptors (Lipinski definition) is 5. The van der Waals surface area contributed by atoms with E-state index in [1.54, 1.807) is 29.6 Å². The number of nitrogens with one attached hydrogen (secondary N) is 1. The van der Waals surface area contributed by atoms with E-state index in [0.717, 1.165) is 12.1 Å². The number of rotatable bonds is 4. The summed E-state index contributed by atoms with van der Waals surface area (Å²) >= 11 is 1.17. The van der Waals surface area contributed by atoms with Gasteiger partial charge in [-0.3, -0.25) is 9.59 Å². The molecule has 4 rings (SSSR count). The zero-order valence-electron chi connectivity index (χ0n) is 15.1. The Morgan fingerprint density at radius 2 is 1.90 bits per heavy atom. The maximum Gasteiger partial charge on any atom is 0.274 e. The van der Waals surface area contributed by atoms with E-state index in [-0.39, 0.29) is 17.9 Å². The lowest BCUT2D eigenvalue weighted by molar-refractivity contribution is -0.115. The minimum Gasteiger partial charge on any atom is -0.302 e. The van der Waals surface area contributed by atoms with Crippen molar-refractivity contribution in [2.24, 2.45) is 7.05 Å². The van der Waals surface area contributed by atoms with Gasteiger partial charge in [-0.2, -0.15) is 5.10 Å². The molecular formula is C20H14F2N4O2S. The molecule has 1 amide bonds. The summed E-state index contributed by atoms with van der Waals surface area (Å²) in [6.45, 7) is 0. The molecule has 146 valence electrons. The van der Waals surface area contributed by atoms with Gasteiger partial charge in [0.1, 0.15) is 0 Å². The Kier molecular flexibility index (Phi) is 4.89. The number of benzene rings is 2. The topological polar surface area (TPSA) is 76.9 Å². The maximum atomic E-state index is 13.4. The summed E-state index contributed by atoms with van der Waals surface area (Å²) in [6.07, 6.45) is -0.0469. The number of hydrogen-bond donors (Lipinski definition) is 1. The molecule has 2 heterocycles. The average molecular weight is 412 g/mol. The number of nitrogens with zero attached hydrogens (tertiary/aromatic N) is 3. The van der Waals surface area contributed by atoms with Gasteiger partial charge < -0.3 is 5.32 Å². The number of carbonyl (C=O) groups excluding carboxylic acids is 1. The van der Waals surface area contributed by atoms with Crippen molar-refractivity contribution in [2.45, 2.75) is 6.42 Å². The van der Waals surface area contributed by atoms with Gasteiger partial charge >= 0.3 is 0 Å². The summed E-state index contributed by atoms with van der Waals surface area (Å²) in [7, 11) is 1.53. The smallest absolute Gasteiger partial charge is 0.274 e. The molecule has 2 aromatic heterocycles. The molecule has 0 atom stereocenters. The highest BCUT2D eigenvalue weighted by Crippen LogP contribution is 2.26. The van der Waals surface area contributed by atoms with Crippen molar-refractivity contribution in [3.05, 3.63) is 75.5 Å². The van der Waals surface area contributed by atoms with Gasteiger partial charge in [0.2, 0.25) is 5.91 Å². The lowest BCUT2D eigenvalue weighted by Crippen LogP contribution is -2.24. The Morgan fingerprint density at radius 1 is 1.14 bits per heavy atom. The van der Waals surface area contributed by atoms with E-state index in [1.165, 1.54) is 29.1 Å². The number of aryl methyl sites for hydroxylation is 1. The molecule has 0 aliphatic heterocycles. The molecule has 0 aliphatic carbocycles. The Morgan fingerprint density at radius 3 is 2.66 bits per heavy atom. The molecule has 0 saturated carbocycles. The van der Waals surface area contributed by atoms with Crippen molar-refractivity contribution in [1.82, 2.24) is 14.8 Å². The van der Waals surface area contributed by atoms with Crippen LogP contribution in [0.5, 0.6) is 0 Å². The van der Waals surface area contributed by atoms with Crippen molar-refractivity contribution < 1.29 is 13.6 Å². The summed E-state index contributed by atoms with van der Waals surface area (Å²) in [4.78, 5) is 28.9. The second-order valence-corrected chi connectivity index (χ2v) is 7.17. The first kappa shape index (κ1) is 18.9. The van der Waals surface area contributed by atoms with Gasteiger partial charge in [-0.25, -0.2) is 18.4 Å². The molecule has 9 heteroatoms. The number of thiazole rings is 1. The van der Waals surface area contributed by atoms with E-state index in [1.807, 2.05) is 0 Å². The third-order valence-corrected chi connectivity index (χ3v) is 5.08. The number of fused-ring (bicyclic) bond motifs is 1. The number of anilines is 1. The zero-order valence-corrected chi connectivity index (χ0v) is 16.0. The number of carbonyl (C=O) groups is 1. The van der Waals surface area contributed by atoms with Gasteiger partial charge in [0.05, 0.1) is 23.2 Å². The van der Waals surface area contributed by atoms with Crippen molar-refractivity contribution in [3.8, 4) is 11.3 Å². The van der Waals surface area contributed by atoms with Crippen molar-refractivity contribution in [2.75, 3.05) is 5.32 Å². The SMILES string of the molecule is Cn1nc(CC(=O)Nc2nc(-c3ccc(F)c(F)c3)cs2)c2ccccc2c1=O. The quantitative estimate of drug-likeness (QED) is 0.557. The van der Waals surface area contributed by atoms with Gasteiger partial charge in [-0.15, -0.1) is 11.3 Å². The van der Waals surface area contributed by atoms with E-state index in [0.29, 0.717) is 32.9 Å². The van der Waals surface area contributed by atoms with E-state index in [4.69, 9.17) is 0 Å². The van der Waals surface area contributed by atoms with Crippen LogP contribution >= 0.6 is 11.3 Å². The predicted octanol–water partition coefficient (Wildman–Crippen LogP) is 3.52. The highest BCUT2D eigenvalue weighted by molar-refractivity contribution is 7.14. The molecule has 4 aromatic rings. The first-order valence-electron chi connectivity index (χ1n) is 8.58. The lowest BCUT2D eigenvalue weighted by atomic mass is 10.1. The van der Waals surface area contributed by atoms with Crippen molar-refractivity contribution >= 4 is 33.1 Å². The summed E-state index contributed by atoms with van der Waals surface area (Å²) in [5, 5.41) is 9.95. The van der Waals surface area contributed by atoms with Crippen molar-refractivity contribution in [3.63, 3.8) is 0 Å². The van der Waals surface area contributed by atoms with Gasteiger partial charge in [0.15, 0.2) is 16.8 Å². The largest absolute Gasteiger partial charge is 0.302 e. The number of amides is 1. The molecule has 0 spiro atoms. The molecule has 0 bridgehead atoms. The minimum absolute atomic E-state index is 0.0469. The Labute approximate surface area is 167 Å². The molecule has 29 heavy (non-hydrogen) atoms. The number of aromatic nitrogens is 3. The van der Waals surface area contributed by atoms with Crippen LogP contribution in [0.25, 0.3) is 22.0 Å².